The molecule has 2 N–H and O–H groups in total. The Bertz CT molecular complexity index is 295. The molecule has 1 aliphatic carbocycles. The number of amides is 1. The summed E-state index contributed by atoms with van der Waals surface area (Å²) in [5, 5.41) is 12.2. The van der Waals surface area contributed by atoms with Crippen LogP contribution in [0.25, 0.3) is 0 Å². The van der Waals surface area contributed by atoms with Gasteiger partial charge in [0.15, 0.2) is 0 Å². The Morgan fingerprint density at radius 3 is 2.17 bits per heavy atom. The minimum Gasteiger partial charge on any atom is -0.480 e. The van der Waals surface area contributed by atoms with Crippen molar-refractivity contribution in [3.8, 4) is 0 Å². The predicted octanol–water partition coefficient (Wildman–Crippen LogP) is 1.23. The van der Waals surface area contributed by atoms with Gasteiger partial charge in [-0.05, 0) is 26.9 Å². The standard InChI is InChI=1S/C13H24N2O3/c1-15(2)10-7-11(16)14-13(12(17)18)8-5-3-4-6-9-13/h3-10H2,1-2H3,(H,14,16)(H,17,18). The van der Waals surface area contributed by atoms with Gasteiger partial charge in [0, 0.05) is 13.0 Å². The Hall–Kier alpha value is -1.10. The second-order valence-electron chi connectivity index (χ2n) is 5.40. The van der Waals surface area contributed by atoms with E-state index < -0.39 is 11.5 Å². The quantitative estimate of drug-likeness (QED) is 0.726. The predicted molar refractivity (Wildman–Crippen MR) is 69.4 cm³/mol. The first kappa shape index (κ1) is 15.0. The number of hydrogen-bond donors (Lipinski definition) is 2. The van der Waals surface area contributed by atoms with Crippen molar-refractivity contribution in [1.82, 2.24) is 10.2 Å². The van der Waals surface area contributed by atoms with Gasteiger partial charge in [0.1, 0.15) is 5.54 Å². The number of carboxylic acid groups (broad SMARTS) is 1. The van der Waals surface area contributed by atoms with Crippen LogP contribution in [0.2, 0.25) is 0 Å². The van der Waals surface area contributed by atoms with Crippen LogP contribution in [0.4, 0.5) is 0 Å². The summed E-state index contributed by atoms with van der Waals surface area (Å²) in [6.45, 7) is 0.640. The summed E-state index contributed by atoms with van der Waals surface area (Å²) in [6.07, 6.45) is 5.32. The molecule has 1 rings (SSSR count). The van der Waals surface area contributed by atoms with Crippen molar-refractivity contribution < 1.29 is 14.7 Å². The summed E-state index contributed by atoms with van der Waals surface area (Å²) in [6, 6.07) is 0. The van der Waals surface area contributed by atoms with Crippen LogP contribution in [0.5, 0.6) is 0 Å². The largest absolute Gasteiger partial charge is 0.480 e. The van der Waals surface area contributed by atoms with Gasteiger partial charge in [0.2, 0.25) is 5.91 Å². The monoisotopic (exact) mass is 256 g/mol. The highest BCUT2D eigenvalue weighted by Crippen LogP contribution is 2.27. The summed E-state index contributed by atoms with van der Waals surface area (Å²) in [5.74, 6) is -1.05. The molecular formula is C13H24N2O3. The molecule has 5 nitrogen and oxygen atoms in total. The van der Waals surface area contributed by atoms with Crippen LogP contribution >= 0.6 is 0 Å². The molecule has 1 aliphatic rings. The van der Waals surface area contributed by atoms with Gasteiger partial charge in [0.05, 0.1) is 0 Å². The minimum atomic E-state index is -1.03. The number of aliphatic carboxylic acids is 1. The number of hydrogen-bond acceptors (Lipinski definition) is 3. The van der Waals surface area contributed by atoms with E-state index in [0.717, 1.165) is 25.7 Å². The van der Waals surface area contributed by atoms with E-state index in [1.165, 1.54) is 0 Å². The smallest absolute Gasteiger partial charge is 0.329 e. The van der Waals surface area contributed by atoms with Gasteiger partial charge in [-0.3, -0.25) is 4.79 Å². The van der Waals surface area contributed by atoms with Crippen LogP contribution in [0, 0.1) is 0 Å². The maximum atomic E-state index is 11.8. The Balaban J connectivity index is 2.61. The van der Waals surface area contributed by atoms with E-state index in [4.69, 9.17) is 0 Å². The molecular weight excluding hydrogens is 232 g/mol. The Kier molecular flexibility index (Phi) is 5.59. The third-order valence-corrected chi connectivity index (χ3v) is 3.53. The van der Waals surface area contributed by atoms with Gasteiger partial charge in [-0.2, -0.15) is 0 Å². The lowest BCUT2D eigenvalue weighted by Gasteiger charge is -2.29. The van der Waals surface area contributed by atoms with Crippen molar-refractivity contribution in [1.29, 1.82) is 0 Å². The van der Waals surface area contributed by atoms with Gasteiger partial charge in [0.25, 0.3) is 0 Å². The number of carbonyl (C=O) groups is 2. The number of nitrogens with one attached hydrogen (secondary N) is 1. The summed E-state index contributed by atoms with van der Waals surface area (Å²) in [7, 11) is 3.79. The molecule has 0 unspecified atom stereocenters. The molecule has 0 saturated heterocycles. The van der Waals surface area contributed by atoms with Crippen molar-refractivity contribution in [2.24, 2.45) is 0 Å². The highest BCUT2D eigenvalue weighted by atomic mass is 16.4. The summed E-state index contributed by atoms with van der Waals surface area (Å²) >= 11 is 0. The third-order valence-electron chi connectivity index (χ3n) is 3.53. The lowest BCUT2D eigenvalue weighted by atomic mass is 9.90. The van der Waals surface area contributed by atoms with Gasteiger partial charge < -0.3 is 15.3 Å². The number of nitrogens with zero attached hydrogens (tertiary/aromatic N) is 1. The van der Waals surface area contributed by atoms with E-state index in [0.29, 0.717) is 25.8 Å². The highest BCUT2D eigenvalue weighted by molar-refractivity contribution is 5.87. The maximum absolute atomic E-state index is 11.8. The zero-order valence-electron chi connectivity index (χ0n) is 11.4. The fourth-order valence-electron chi connectivity index (χ4n) is 2.38. The lowest BCUT2D eigenvalue weighted by Crippen LogP contribution is -2.54. The Morgan fingerprint density at radius 1 is 1.17 bits per heavy atom. The van der Waals surface area contributed by atoms with Crippen LogP contribution in [0.3, 0.4) is 0 Å². The summed E-state index contributed by atoms with van der Waals surface area (Å²) in [4.78, 5) is 25.2. The Labute approximate surface area is 109 Å². The van der Waals surface area contributed by atoms with Crippen LogP contribution in [0.15, 0.2) is 0 Å². The molecule has 0 aromatic rings. The van der Waals surface area contributed by atoms with Gasteiger partial charge in [-0.15, -0.1) is 0 Å². The highest BCUT2D eigenvalue weighted by Gasteiger charge is 2.39. The van der Waals surface area contributed by atoms with E-state index >= 15 is 0 Å². The van der Waals surface area contributed by atoms with Crippen molar-refractivity contribution in [2.75, 3.05) is 20.6 Å². The molecule has 1 amide bonds. The summed E-state index contributed by atoms with van der Waals surface area (Å²) < 4.78 is 0. The normalized spacial score (nSPS) is 19.3. The van der Waals surface area contributed by atoms with Crippen LogP contribution in [-0.2, 0) is 9.59 Å². The second kappa shape index (κ2) is 6.73. The van der Waals surface area contributed by atoms with Crippen LogP contribution in [0.1, 0.15) is 44.9 Å². The zero-order chi connectivity index (χ0) is 13.6. The topological polar surface area (TPSA) is 69.6 Å². The van der Waals surface area contributed by atoms with E-state index in [2.05, 4.69) is 5.32 Å². The first-order chi connectivity index (χ1) is 8.46. The van der Waals surface area contributed by atoms with Crippen LogP contribution in [-0.4, -0.2) is 48.1 Å². The molecule has 0 atom stereocenters. The van der Waals surface area contributed by atoms with Crippen LogP contribution < -0.4 is 5.32 Å². The number of carbonyl (C=O) groups excluding carboxylic acids is 1. The first-order valence-electron chi connectivity index (χ1n) is 6.65. The number of carboxylic acids is 1. The first-order valence-corrected chi connectivity index (χ1v) is 6.65. The van der Waals surface area contributed by atoms with Gasteiger partial charge in [-0.1, -0.05) is 25.7 Å². The Morgan fingerprint density at radius 2 is 1.72 bits per heavy atom. The fourth-order valence-corrected chi connectivity index (χ4v) is 2.38. The molecule has 1 saturated carbocycles. The van der Waals surface area contributed by atoms with E-state index in [1.54, 1.807) is 0 Å². The van der Waals surface area contributed by atoms with Crippen molar-refractivity contribution in [3.63, 3.8) is 0 Å². The van der Waals surface area contributed by atoms with E-state index in [1.807, 2.05) is 19.0 Å². The van der Waals surface area contributed by atoms with Gasteiger partial charge >= 0.3 is 5.97 Å². The van der Waals surface area contributed by atoms with E-state index in [9.17, 15) is 14.7 Å². The minimum absolute atomic E-state index is 0.159. The summed E-state index contributed by atoms with van der Waals surface area (Å²) in [5.41, 5.74) is -1.03. The molecule has 0 aliphatic heterocycles. The molecule has 1 fully saturated rings. The molecule has 104 valence electrons. The average molecular weight is 256 g/mol. The molecule has 0 aromatic carbocycles. The van der Waals surface area contributed by atoms with E-state index in [-0.39, 0.29) is 5.91 Å². The molecule has 18 heavy (non-hydrogen) atoms. The molecule has 5 heteroatoms. The SMILES string of the molecule is CN(C)CCC(=O)NC1(C(=O)O)CCCCCC1. The molecule has 0 spiro atoms. The molecule has 0 radical (unpaired) electrons. The lowest BCUT2D eigenvalue weighted by molar-refractivity contribution is -0.148. The maximum Gasteiger partial charge on any atom is 0.329 e. The van der Waals surface area contributed by atoms with Crippen molar-refractivity contribution in [2.45, 2.75) is 50.5 Å². The van der Waals surface area contributed by atoms with Gasteiger partial charge in [-0.25, -0.2) is 4.79 Å². The molecule has 0 aromatic heterocycles. The zero-order valence-corrected chi connectivity index (χ0v) is 11.4. The number of rotatable bonds is 5. The molecule has 0 bridgehead atoms. The average Bonchev–Trinajstić information content (AvgIpc) is 2.53. The van der Waals surface area contributed by atoms with Crippen molar-refractivity contribution >= 4 is 11.9 Å². The second-order valence-corrected chi connectivity index (χ2v) is 5.40. The van der Waals surface area contributed by atoms with Crippen molar-refractivity contribution in [3.05, 3.63) is 0 Å². The fraction of sp³-hybridized carbons (Fsp3) is 0.846. The molecule has 0 heterocycles. The third kappa shape index (κ3) is 4.29.